The highest BCUT2D eigenvalue weighted by Crippen LogP contribution is 2.33. The first-order valence-electron chi connectivity index (χ1n) is 7.94. The summed E-state index contributed by atoms with van der Waals surface area (Å²) in [5, 5.41) is 16.0. The number of phenols is 1. The lowest BCUT2D eigenvalue weighted by Crippen LogP contribution is -2.26. The van der Waals surface area contributed by atoms with Gasteiger partial charge in [-0.05, 0) is 43.2 Å². The molecule has 0 fully saturated rings. The van der Waals surface area contributed by atoms with E-state index in [9.17, 15) is 14.3 Å². The Morgan fingerprint density at radius 3 is 2.69 bits per heavy atom. The molecule has 2 aromatic carbocycles. The number of aryl methyl sites for hydroxylation is 1. The van der Waals surface area contributed by atoms with Crippen LogP contribution in [0.1, 0.15) is 21.7 Å². The zero-order valence-corrected chi connectivity index (χ0v) is 14.7. The molecular weight excluding hydrogens is 359 g/mol. The van der Waals surface area contributed by atoms with Crippen LogP contribution in [-0.4, -0.2) is 22.7 Å². The first-order valence-corrected chi connectivity index (χ1v) is 8.32. The summed E-state index contributed by atoms with van der Waals surface area (Å²) in [5.41, 5.74) is 1.23. The fourth-order valence-corrected chi connectivity index (χ4v) is 2.86. The molecule has 0 aliphatic rings. The van der Waals surface area contributed by atoms with Gasteiger partial charge in [-0.2, -0.15) is 0 Å². The van der Waals surface area contributed by atoms with Crippen molar-refractivity contribution in [1.82, 2.24) is 10.5 Å². The molecule has 0 atom stereocenters. The third-order valence-electron chi connectivity index (χ3n) is 3.92. The Morgan fingerprint density at radius 2 is 2.00 bits per heavy atom. The summed E-state index contributed by atoms with van der Waals surface area (Å²) in [5.74, 6) is -0.536. The van der Waals surface area contributed by atoms with Gasteiger partial charge in [0.05, 0.1) is 10.6 Å². The quantitative estimate of drug-likeness (QED) is 0.704. The van der Waals surface area contributed by atoms with E-state index < -0.39 is 11.7 Å². The number of hydrogen-bond acceptors (Lipinski definition) is 4. The van der Waals surface area contributed by atoms with Crippen molar-refractivity contribution >= 4 is 17.5 Å². The number of halogens is 2. The number of rotatable bonds is 5. The minimum absolute atomic E-state index is 0.0368. The average molecular weight is 375 g/mol. The fourth-order valence-electron chi connectivity index (χ4n) is 2.61. The Morgan fingerprint density at radius 1 is 1.27 bits per heavy atom. The SMILES string of the molecule is Cc1onc(-c2c(F)cccc2Cl)c1C(=O)NCCc1ccc(O)cc1. The molecule has 3 aromatic rings. The average Bonchev–Trinajstić information content (AvgIpc) is 2.98. The van der Waals surface area contributed by atoms with Crippen molar-refractivity contribution in [2.75, 3.05) is 6.54 Å². The largest absolute Gasteiger partial charge is 0.508 e. The zero-order chi connectivity index (χ0) is 18.7. The van der Waals surface area contributed by atoms with Gasteiger partial charge in [0.2, 0.25) is 0 Å². The van der Waals surface area contributed by atoms with E-state index in [2.05, 4.69) is 10.5 Å². The van der Waals surface area contributed by atoms with Gasteiger partial charge in [0, 0.05) is 6.54 Å². The van der Waals surface area contributed by atoms with E-state index in [0.717, 1.165) is 5.56 Å². The zero-order valence-electron chi connectivity index (χ0n) is 13.9. The monoisotopic (exact) mass is 374 g/mol. The van der Waals surface area contributed by atoms with Crippen LogP contribution in [0.5, 0.6) is 5.75 Å². The first kappa shape index (κ1) is 17.9. The molecule has 134 valence electrons. The summed E-state index contributed by atoms with van der Waals surface area (Å²) in [7, 11) is 0. The van der Waals surface area contributed by atoms with E-state index in [1.165, 1.54) is 18.2 Å². The van der Waals surface area contributed by atoms with Crippen LogP contribution >= 0.6 is 11.6 Å². The van der Waals surface area contributed by atoms with Gasteiger partial charge >= 0.3 is 0 Å². The Kier molecular flexibility index (Phi) is 5.23. The highest BCUT2D eigenvalue weighted by atomic mass is 35.5. The number of phenolic OH excluding ortho intramolecular Hbond substituents is 1. The minimum atomic E-state index is -0.580. The molecule has 26 heavy (non-hydrogen) atoms. The summed E-state index contributed by atoms with van der Waals surface area (Å²) >= 11 is 6.07. The van der Waals surface area contributed by atoms with E-state index in [4.69, 9.17) is 16.1 Å². The lowest BCUT2D eigenvalue weighted by molar-refractivity contribution is 0.0953. The molecule has 7 heteroatoms. The molecular formula is C19H16ClFN2O3. The second-order valence-corrected chi connectivity index (χ2v) is 6.14. The number of aromatic hydroxyl groups is 1. The third kappa shape index (κ3) is 3.70. The second-order valence-electron chi connectivity index (χ2n) is 5.73. The van der Waals surface area contributed by atoms with Gasteiger partial charge in [-0.25, -0.2) is 4.39 Å². The molecule has 0 aliphatic heterocycles. The van der Waals surface area contributed by atoms with Crippen LogP contribution in [0.25, 0.3) is 11.3 Å². The van der Waals surface area contributed by atoms with Crippen molar-refractivity contribution in [3.05, 3.63) is 70.2 Å². The summed E-state index contributed by atoms with van der Waals surface area (Å²) < 4.78 is 19.3. The number of aromatic nitrogens is 1. The lowest BCUT2D eigenvalue weighted by Gasteiger charge is -2.07. The van der Waals surface area contributed by atoms with Crippen LogP contribution in [0.2, 0.25) is 5.02 Å². The molecule has 0 aliphatic carbocycles. The van der Waals surface area contributed by atoms with Crippen molar-refractivity contribution in [3.8, 4) is 17.0 Å². The summed E-state index contributed by atoms with van der Waals surface area (Å²) in [6, 6.07) is 11.0. The molecule has 0 radical (unpaired) electrons. The number of nitrogens with one attached hydrogen (secondary N) is 1. The number of carbonyl (C=O) groups is 1. The maximum Gasteiger partial charge on any atom is 0.257 e. The molecule has 1 heterocycles. The summed E-state index contributed by atoms with van der Waals surface area (Å²) in [6.07, 6.45) is 0.576. The molecule has 2 N–H and O–H groups in total. The summed E-state index contributed by atoms with van der Waals surface area (Å²) in [4.78, 5) is 12.6. The maximum atomic E-state index is 14.2. The van der Waals surface area contributed by atoms with Crippen molar-refractivity contribution in [2.24, 2.45) is 0 Å². The van der Waals surface area contributed by atoms with Crippen LogP contribution in [0.3, 0.4) is 0 Å². The molecule has 5 nitrogen and oxygen atoms in total. The van der Waals surface area contributed by atoms with Gasteiger partial charge < -0.3 is 14.9 Å². The van der Waals surface area contributed by atoms with Crippen molar-refractivity contribution in [3.63, 3.8) is 0 Å². The van der Waals surface area contributed by atoms with Gasteiger partial charge in [-0.1, -0.05) is 35.0 Å². The van der Waals surface area contributed by atoms with Crippen molar-refractivity contribution in [1.29, 1.82) is 0 Å². The smallest absolute Gasteiger partial charge is 0.257 e. The molecule has 3 rings (SSSR count). The van der Waals surface area contributed by atoms with Gasteiger partial charge in [-0.15, -0.1) is 0 Å². The predicted octanol–water partition coefficient (Wildman–Crippen LogP) is 4.12. The molecule has 0 saturated heterocycles. The van der Waals surface area contributed by atoms with E-state index in [1.54, 1.807) is 31.2 Å². The molecule has 0 unspecified atom stereocenters. The Balaban J connectivity index is 1.78. The highest BCUT2D eigenvalue weighted by molar-refractivity contribution is 6.33. The van der Waals surface area contributed by atoms with Gasteiger partial charge in [-0.3, -0.25) is 4.79 Å². The Hall–Kier alpha value is -2.86. The number of amides is 1. The van der Waals surface area contributed by atoms with Crippen LogP contribution in [0.4, 0.5) is 4.39 Å². The van der Waals surface area contributed by atoms with Crippen molar-refractivity contribution in [2.45, 2.75) is 13.3 Å². The van der Waals surface area contributed by atoms with Gasteiger partial charge in [0.25, 0.3) is 5.91 Å². The van der Waals surface area contributed by atoms with E-state index in [1.807, 2.05) is 0 Å². The molecule has 1 aromatic heterocycles. The molecule has 0 spiro atoms. The fraction of sp³-hybridized carbons (Fsp3) is 0.158. The van der Waals surface area contributed by atoms with Gasteiger partial charge in [0.1, 0.15) is 28.6 Å². The number of carbonyl (C=O) groups excluding carboxylic acids is 1. The molecule has 0 bridgehead atoms. The van der Waals surface area contributed by atoms with Crippen LogP contribution < -0.4 is 5.32 Å². The maximum absolute atomic E-state index is 14.2. The minimum Gasteiger partial charge on any atom is -0.508 e. The van der Waals surface area contributed by atoms with Crippen molar-refractivity contribution < 1.29 is 18.8 Å². The van der Waals surface area contributed by atoms with Crippen LogP contribution in [0.15, 0.2) is 47.0 Å². The standard InChI is InChI=1S/C19H16ClFN2O3/c1-11-16(18(23-26-11)17-14(20)3-2-4-15(17)21)19(25)22-10-9-12-5-7-13(24)8-6-12/h2-8,24H,9-10H2,1H3,(H,22,25). The second kappa shape index (κ2) is 7.58. The van der Waals surface area contributed by atoms with Crippen LogP contribution in [0, 0.1) is 12.7 Å². The predicted molar refractivity (Wildman–Crippen MR) is 95.8 cm³/mol. The van der Waals surface area contributed by atoms with E-state index in [-0.39, 0.29) is 33.4 Å². The topological polar surface area (TPSA) is 75.4 Å². The number of nitrogens with zero attached hydrogens (tertiary/aromatic N) is 1. The highest BCUT2D eigenvalue weighted by Gasteiger charge is 2.25. The number of benzene rings is 2. The van der Waals surface area contributed by atoms with Crippen LogP contribution in [-0.2, 0) is 6.42 Å². The van der Waals surface area contributed by atoms with E-state index in [0.29, 0.717) is 13.0 Å². The number of hydrogen-bond donors (Lipinski definition) is 2. The summed E-state index contributed by atoms with van der Waals surface area (Å²) in [6.45, 7) is 1.94. The third-order valence-corrected chi connectivity index (χ3v) is 4.24. The lowest BCUT2D eigenvalue weighted by atomic mass is 10.0. The van der Waals surface area contributed by atoms with E-state index >= 15 is 0 Å². The Bertz CT molecular complexity index is 918. The first-order chi connectivity index (χ1) is 12.5. The Labute approximate surface area is 154 Å². The molecule has 1 amide bonds. The normalized spacial score (nSPS) is 10.7. The van der Waals surface area contributed by atoms with Gasteiger partial charge in [0.15, 0.2) is 0 Å². The molecule has 0 saturated carbocycles.